The SMILES string of the molecule is CCOC(=O)C[n+]1[nH]n(-c2ccccc2)c(=O)c1C(=O)Nc1ccccc1. The summed E-state index contributed by atoms with van der Waals surface area (Å²) in [5, 5.41) is 5.45. The Labute approximate surface area is 155 Å². The number of hydrogen-bond acceptors (Lipinski definition) is 4. The van der Waals surface area contributed by atoms with E-state index in [0.717, 1.165) is 0 Å². The average molecular weight is 367 g/mol. The molecule has 0 saturated heterocycles. The van der Waals surface area contributed by atoms with Gasteiger partial charge in [0.15, 0.2) is 5.69 Å². The zero-order valence-electron chi connectivity index (χ0n) is 14.7. The monoisotopic (exact) mass is 367 g/mol. The zero-order valence-corrected chi connectivity index (χ0v) is 14.7. The summed E-state index contributed by atoms with van der Waals surface area (Å²) in [4.78, 5) is 37.5. The maximum atomic E-state index is 12.9. The quantitative estimate of drug-likeness (QED) is 0.506. The first-order valence-electron chi connectivity index (χ1n) is 8.42. The molecule has 0 atom stereocenters. The van der Waals surface area contributed by atoms with Gasteiger partial charge >= 0.3 is 23.1 Å². The normalized spacial score (nSPS) is 10.4. The van der Waals surface area contributed by atoms with Crippen molar-refractivity contribution in [2.75, 3.05) is 11.9 Å². The minimum absolute atomic E-state index is 0.198. The van der Waals surface area contributed by atoms with Gasteiger partial charge in [-0.3, -0.25) is 4.79 Å². The van der Waals surface area contributed by atoms with Crippen LogP contribution in [0.4, 0.5) is 5.69 Å². The van der Waals surface area contributed by atoms with E-state index in [4.69, 9.17) is 4.74 Å². The van der Waals surface area contributed by atoms with Crippen LogP contribution in [0.5, 0.6) is 0 Å². The topological polar surface area (TPSA) is 97.1 Å². The standard InChI is InChI=1S/C19H18N4O4/c1-2-27-16(24)13-22-17(18(25)20-14-9-5-3-6-10-14)19(26)23(21-22)15-11-7-4-8-12-15/h3-12H,2,13H2,1H3,(H-,20,21,25,26)/p+1. The highest BCUT2D eigenvalue weighted by Gasteiger charge is 2.30. The minimum Gasteiger partial charge on any atom is -0.463 e. The van der Waals surface area contributed by atoms with Crippen LogP contribution in [0, 0.1) is 0 Å². The summed E-state index contributed by atoms with van der Waals surface area (Å²) in [6.45, 7) is 1.60. The first kappa shape index (κ1) is 18.1. The van der Waals surface area contributed by atoms with E-state index in [9.17, 15) is 14.4 Å². The Morgan fingerprint density at radius 3 is 2.33 bits per heavy atom. The summed E-state index contributed by atoms with van der Waals surface area (Å²) in [5.41, 5.74) is 0.311. The Balaban J connectivity index is 2.01. The molecule has 2 aromatic carbocycles. The Morgan fingerprint density at radius 2 is 1.70 bits per heavy atom. The Morgan fingerprint density at radius 1 is 1.07 bits per heavy atom. The van der Waals surface area contributed by atoms with Gasteiger partial charge in [0.05, 0.1) is 6.61 Å². The fourth-order valence-electron chi connectivity index (χ4n) is 2.57. The Kier molecular flexibility index (Phi) is 5.46. The molecule has 8 nitrogen and oxygen atoms in total. The van der Waals surface area contributed by atoms with Crippen LogP contribution in [0.15, 0.2) is 65.5 Å². The molecule has 1 aromatic heterocycles. The van der Waals surface area contributed by atoms with E-state index in [1.807, 2.05) is 12.1 Å². The van der Waals surface area contributed by atoms with E-state index in [1.54, 1.807) is 55.5 Å². The summed E-state index contributed by atoms with van der Waals surface area (Å²) in [7, 11) is 0. The number of amides is 1. The van der Waals surface area contributed by atoms with Gasteiger partial charge in [-0.15, -0.1) is 4.68 Å². The van der Waals surface area contributed by atoms with E-state index in [1.165, 1.54) is 9.36 Å². The molecule has 0 radical (unpaired) electrons. The van der Waals surface area contributed by atoms with E-state index < -0.39 is 17.4 Å². The lowest BCUT2D eigenvalue weighted by Crippen LogP contribution is -2.48. The van der Waals surface area contributed by atoms with Crippen LogP contribution in [0.3, 0.4) is 0 Å². The Hall–Kier alpha value is -3.68. The van der Waals surface area contributed by atoms with Crippen LogP contribution in [-0.4, -0.2) is 28.4 Å². The second-order valence-electron chi connectivity index (χ2n) is 5.64. The average Bonchev–Trinajstić information content (AvgIpc) is 2.99. The molecule has 0 aliphatic carbocycles. The van der Waals surface area contributed by atoms with Gasteiger partial charge in [0.2, 0.25) is 6.54 Å². The summed E-state index contributed by atoms with van der Waals surface area (Å²) >= 11 is 0. The van der Waals surface area contributed by atoms with E-state index in [-0.39, 0.29) is 18.8 Å². The summed E-state index contributed by atoms with van der Waals surface area (Å²) < 4.78 is 7.32. The highest BCUT2D eigenvalue weighted by Crippen LogP contribution is 2.07. The number of aromatic nitrogens is 3. The minimum atomic E-state index is -0.624. The number of carbonyl (C=O) groups is 2. The molecule has 0 aliphatic heterocycles. The van der Waals surface area contributed by atoms with Gasteiger partial charge < -0.3 is 10.1 Å². The highest BCUT2D eigenvalue weighted by molar-refractivity contribution is 6.01. The molecule has 0 saturated carbocycles. The van der Waals surface area contributed by atoms with Crippen molar-refractivity contribution in [3.8, 4) is 5.69 Å². The van der Waals surface area contributed by atoms with Crippen LogP contribution in [-0.2, 0) is 16.1 Å². The van der Waals surface area contributed by atoms with Gasteiger partial charge in [0, 0.05) is 5.69 Å². The number of anilines is 1. The molecule has 1 heterocycles. The van der Waals surface area contributed by atoms with Crippen molar-refractivity contribution in [1.29, 1.82) is 0 Å². The molecule has 0 unspecified atom stereocenters. The highest BCUT2D eigenvalue weighted by atomic mass is 16.5. The van der Waals surface area contributed by atoms with Gasteiger partial charge in [-0.2, -0.15) is 0 Å². The number of nitrogens with one attached hydrogen (secondary N) is 2. The van der Waals surface area contributed by atoms with Crippen molar-refractivity contribution in [3.63, 3.8) is 0 Å². The summed E-state index contributed by atoms with van der Waals surface area (Å²) in [6, 6.07) is 17.5. The van der Waals surface area contributed by atoms with Gasteiger partial charge in [0.1, 0.15) is 0 Å². The molecule has 0 fully saturated rings. The number of esters is 1. The molecule has 3 aromatic rings. The summed E-state index contributed by atoms with van der Waals surface area (Å²) in [5.74, 6) is -1.18. The van der Waals surface area contributed by atoms with Crippen LogP contribution in [0.1, 0.15) is 17.4 Å². The number of para-hydroxylation sites is 2. The van der Waals surface area contributed by atoms with Crippen LogP contribution < -0.4 is 15.6 Å². The fourth-order valence-corrected chi connectivity index (χ4v) is 2.57. The maximum Gasteiger partial charge on any atom is 0.411 e. The van der Waals surface area contributed by atoms with Crippen molar-refractivity contribution in [1.82, 2.24) is 9.90 Å². The van der Waals surface area contributed by atoms with Gasteiger partial charge in [0.25, 0.3) is 0 Å². The molecule has 27 heavy (non-hydrogen) atoms. The molecule has 0 spiro atoms. The predicted octanol–water partition coefficient (Wildman–Crippen LogP) is 1.27. The maximum absolute atomic E-state index is 12.9. The lowest BCUT2D eigenvalue weighted by Gasteiger charge is -2.03. The van der Waals surface area contributed by atoms with Crippen LogP contribution >= 0.6 is 0 Å². The second-order valence-corrected chi connectivity index (χ2v) is 5.64. The lowest BCUT2D eigenvalue weighted by atomic mass is 10.3. The van der Waals surface area contributed by atoms with Crippen LogP contribution in [0.2, 0.25) is 0 Å². The zero-order chi connectivity index (χ0) is 19.2. The molecule has 1 amide bonds. The van der Waals surface area contributed by atoms with Crippen molar-refractivity contribution in [3.05, 3.63) is 76.7 Å². The number of aromatic amines is 1. The first-order chi connectivity index (χ1) is 13.1. The van der Waals surface area contributed by atoms with E-state index >= 15 is 0 Å². The van der Waals surface area contributed by atoms with E-state index in [2.05, 4.69) is 10.5 Å². The summed E-state index contributed by atoms with van der Waals surface area (Å²) in [6.07, 6.45) is 0. The third-order valence-corrected chi connectivity index (χ3v) is 3.75. The molecule has 8 heteroatoms. The van der Waals surface area contributed by atoms with Crippen molar-refractivity contribution in [2.45, 2.75) is 13.5 Å². The number of benzene rings is 2. The molecule has 0 bridgehead atoms. The molecule has 2 N–H and O–H groups in total. The van der Waals surface area contributed by atoms with Gasteiger partial charge in [-0.1, -0.05) is 46.3 Å². The van der Waals surface area contributed by atoms with Crippen LogP contribution in [0.25, 0.3) is 5.69 Å². The van der Waals surface area contributed by atoms with Crippen molar-refractivity contribution < 1.29 is 19.0 Å². The van der Waals surface area contributed by atoms with Crippen molar-refractivity contribution in [2.24, 2.45) is 0 Å². The molecule has 3 rings (SSSR count). The smallest absolute Gasteiger partial charge is 0.411 e. The van der Waals surface area contributed by atoms with Gasteiger partial charge in [-0.05, 0) is 31.2 Å². The van der Waals surface area contributed by atoms with Gasteiger partial charge in [-0.25, -0.2) is 9.59 Å². The predicted molar refractivity (Wildman–Crippen MR) is 97.6 cm³/mol. The molecule has 0 aliphatic rings. The van der Waals surface area contributed by atoms with E-state index in [0.29, 0.717) is 11.4 Å². The third-order valence-electron chi connectivity index (χ3n) is 3.75. The number of hydrogen-bond donors (Lipinski definition) is 2. The molecular formula is C19H19N4O4+. The first-order valence-corrected chi connectivity index (χ1v) is 8.42. The number of ether oxygens (including phenoxy) is 1. The molecule has 138 valence electrons. The number of carbonyl (C=O) groups excluding carboxylic acids is 2. The number of rotatable bonds is 6. The number of nitrogens with zero attached hydrogens (tertiary/aromatic N) is 2. The Bertz CT molecular complexity index is 994. The number of H-pyrrole nitrogens is 1. The third kappa shape index (κ3) is 4.12. The second kappa shape index (κ2) is 8.13. The van der Waals surface area contributed by atoms with Crippen molar-refractivity contribution >= 4 is 17.6 Å². The fraction of sp³-hybridized carbons (Fsp3) is 0.158. The molecular weight excluding hydrogens is 348 g/mol. The largest absolute Gasteiger partial charge is 0.463 e. The lowest BCUT2D eigenvalue weighted by molar-refractivity contribution is -0.746.